The van der Waals surface area contributed by atoms with Gasteiger partial charge in [-0.3, -0.25) is 4.79 Å². The predicted molar refractivity (Wildman–Crippen MR) is 149 cm³/mol. The Balaban J connectivity index is 0.000000750. The number of ketones is 1. The molecule has 8 unspecified atom stereocenters. The maximum Gasteiger partial charge on any atom is 0.133 e. The minimum absolute atomic E-state index is 0.295. The molecule has 0 heterocycles. The van der Waals surface area contributed by atoms with Gasteiger partial charge in [0.2, 0.25) is 0 Å². The molecular formula is C32H62O2. The fourth-order valence-corrected chi connectivity index (χ4v) is 8.86. The molecule has 4 fully saturated rings. The number of Topliss-reactive ketones (excluding diaryl/α,β-unsaturated/α-hetero) is 1. The zero-order valence-corrected chi connectivity index (χ0v) is 25.2. The van der Waals surface area contributed by atoms with E-state index in [-0.39, 0.29) is 0 Å². The van der Waals surface area contributed by atoms with Gasteiger partial charge in [0.25, 0.3) is 0 Å². The Hall–Kier alpha value is -0.370. The van der Waals surface area contributed by atoms with Crippen LogP contribution in [0.2, 0.25) is 0 Å². The molecule has 0 aromatic rings. The van der Waals surface area contributed by atoms with Crippen molar-refractivity contribution in [2.45, 2.75) is 140 Å². The van der Waals surface area contributed by atoms with Crippen LogP contribution in [0, 0.1) is 45.8 Å². The first-order valence-corrected chi connectivity index (χ1v) is 15.2. The van der Waals surface area contributed by atoms with Crippen LogP contribution in [0.3, 0.4) is 0 Å². The van der Waals surface area contributed by atoms with E-state index in [0.717, 1.165) is 43.3 Å². The molecule has 4 saturated carbocycles. The second kappa shape index (κ2) is 13.8. The van der Waals surface area contributed by atoms with Crippen molar-refractivity contribution in [2.24, 2.45) is 45.8 Å². The van der Waals surface area contributed by atoms with Crippen LogP contribution in [0.15, 0.2) is 0 Å². The van der Waals surface area contributed by atoms with Crippen molar-refractivity contribution in [1.29, 1.82) is 0 Å². The number of carbonyl (C=O) groups is 1. The van der Waals surface area contributed by atoms with Crippen LogP contribution in [0.4, 0.5) is 0 Å². The summed E-state index contributed by atoms with van der Waals surface area (Å²) in [5.74, 6) is 4.12. The fraction of sp³-hybridized carbons (Fsp3) is 0.969. The average molecular weight is 479 g/mol. The number of carbonyl (C=O) groups excluding carboxylic acids is 1. The van der Waals surface area contributed by atoms with Gasteiger partial charge >= 0.3 is 0 Å². The highest BCUT2D eigenvalue weighted by molar-refractivity contribution is 5.79. The summed E-state index contributed by atoms with van der Waals surface area (Å²) in [5.41, 5.74) is 1.28. The van der Waals surface area contributed by atoms with E-state index in [2.05, 4.69) is 41.5 Å². The van der Waals surface area contributed by atoms with E-state index in [1.54, 1.807) is 0 Å². The Bertz CT molecular complexity index is 600. The first kappa shape index (κ1) is 31.7. The Labute approximate surface area is 214 Å². The summed E-state index contributed by atoms with van der Waals surface area (Å²) in [5, 5.41) is 0. The Morgan fingerprint density at radius 3 is 2.00 bits per heavy atom. The SMILES string of the molecule is CC.CC.CCC.CCOCC1CCC2(C)C3CCC4(C)C(C(C)=O)CCC4C3CCC2(C)C1. The largest absolute Gasteiger partial charge is 0.381 e. The normalized spacial score (nSPS) is 42.1. The summed E-state index contributed by atoms with van der Waals surface area (Å²) in [6.07, 6.45) is 13.3. The highest BCUT2D eigenvalue weighted by Gasteiger charge is 2.63. The number of ether oxygens (including phenoxy) is 1. The summed E-state index contributed by atoms with van der Waals surface area (Å²) in [6.45, 7) is 25.8. The van der Waals surface area contributed by atoms with Gasteiger partial charge in [0.1, 0.15) is 5.78 Å². The van der Waals surface area contributed by atoms with Crippen molar-refractivity contribution < 1.29 is 9.53 Å². The van der Waals surface area contributed by atoms with Crippen molar-refractivity contribution in [3.05, 3.63) is 0 Å². The molecule has 8 atom stereocenters. The molecule has 0 aromatic heterocycles. The molecule has 4 aliphatic carbocycles. The standard InChI is InChI=1S/C25H42O2.C3H8.2C2H6/c1-6-27-16-18-9-14-25(5)22-11-13-24(4)20(17(2)26)7-8-21(24)19(22)10-12-23(25,3)15-18;1-3-2;2*1-2/h18-22H,6-16H2,1-5H3;3H2,1-2H3;2*1-2H3. The predicted octanol–water partition coefficient (Wildman–Crippen LogP) is 9.75. The van der Waals surface area contributed by atoms with Gasteiger partial charge in [-0.15, -0.1) is 0 Å². The lowest BCUT2D eigenvalue weighted by atomic mass is 9.40. The zero-order chi connectivity index (χ0) is 26.2. The molecule has 0 aliphatic heterocycles. The maximum absolute atomic E-state index is 12.3. The van der Waals surface area contributed by atoms with Gasteiger partial charge in [0.05, 0.1) is 0 Å². The molecule has 4 rings (SSSR count). The second-order valence-corrected chi connectivity index (χ2v) is 12.2. The summed E-state index contributed by atoms with van der Waals surface area (Å²) in [4.78, 5) is 12.3. The lowest BCUT2D eigenvalue weighted by Crippen LogP contribution is -2.58. The van der Waals surface area contributed by atoms with Crippen molar-refractivity contribution in [1.82, 2.24) is 0 Å². The van der Waals surface area contributed by atoms with Gasteiger partial charge in [0, 0.05) is 19.1 Å². The molecule has 0 aromatic carbocycles. The molecular weight excluding hydrogens is 416 g/mol. The number of hydrogen-bond donors (Lipinski definition) is 0. The molecule has 0 amide bonds. The van der Waals surface area contributed by atoms with Gasteiger partial charge in [-0.2, -0.15) is 0 Å². The third-order valence-corrected chi connectivity index (χ3v) is 10.5. The minimum atomic E-state index is 0.295. The monoisotopic (exact) mass is 478 g/mol. The fourth-order valence-electron chi connectivity index (χ4n) is 8.86. The molecule has 2 heteroatoms. The highest BCUT2D eigenvalue weighted by atomic mass is 16.5. The molecule has 0 N–H and O–H groups in total. The molecule has 0 saturated heterocycles. The maximum atomic E-state index is 12.3. The van der Waals surface area contributed by atoms with Gasteiger partial charge in [0.15, 0.2) is 0 Å². The van der Waals surface area contributed by atoms with Crippen LogP contribution in [0.1, 0.15) is 140 Å². The third-order valence-electron chi connectivity index (χ3n) is 10.5. The van der Waals surface area contributed by atoms with E-state index in [1.165, 1.54) is 57.8 Å². The van der Waals surface area contributed by atoms with Crippen molar-refractivity contribution in [3.63, 3.8) is 0 Å². The number of rotatable bonds is 4. The smallest absolute Gasteiger partial charge is 0.133 e. The van der Waals surface area contributed by atoms with E-state index in [9.17, 15) is 4.79 Å². The number of hydrogen-bond acceptors (Lipinski definition) is 2. The van der Waals surface area contributed by atoms with E-state index < -0.39 is 0 Å². The third kappa shape index (κ3) is 5.95. The Kier molecular flexibility index (Phi) is 12.9. The van der Waals surface area contributed by atoms with Crippen molar-refractivity contribution in [2.75, 3.05) is 13.2 Å². The first-order chi connectivity index (χ1) is 16.2. The zero-order valence-electron chi connectivity index (χ0n) is 25.2. The van der Waals surface area contributed by atoms with Gasteiger partial charge in [-0.1, -0.05) is 68.7 Å². The van der Waals surface area contributed by atoms with Crippen molar-refractivity contribution >= 4 is 5.78 Å². The van der Waals surface area contributed by atoms with E-state index >= 15 is 0 Å². The molecule has 34 heavy (non-hydrogen) atoms. The Morgan fingerprint density at radius 1 is 0.824 bits per heavy atom. The topological polar surface area (TPSA) is 26.3 Å². The van der Waals surface area contributed by atoms with E-state index in [0.29, 0.717) is 27.9 Å². The van der Waals surface area contributed by atoms with Crippen LogP contribution in [0.25, 0.3) is 0 Å². The molecule has 0 spiro atoms. The first-order valence-electron chi connectivity index (χ1n) is 15.2. The van der Waals surface area contributed by atoms with E-state index in [4.69, 9.17) is 4.74 Å². The molecule has 4 aliphatic rings. The van der Waals surface area contributed by atoms with E-state index in [1.807, 2.05) is 34.6 Å². The van der Waals surface area contributed by atoms with Gasteiger partial charge in [-0.05, 0) is 112 Å². The second-order valence-electron chi connectivity index (χ2n) is 12.2. The molecule has 0 radical (unpaired) electrons. The molecule has 0 bridgehead atoms. The van der Waals surface area contributed by atoms with Crippen LogP contribution >= 0.6 is 0 Å². The van der Waals surface area contributed by atoms with Crippen LogP contribution in [-0.2, 0) is 9.53 Å². The highest BCUT2D eigenvalue weighted by Crippen LogP contribution is 2.71. The average Bonchev–Trinajstić information content (AvgIpc) is 3.19. The summed E-state index contributed by atoms with van der Waals surface area (Å²) >= 11 is 0. The lowest BCUT2D eigenvalue weighted by Gasteiger charge is -2.65. The quantitative estimate of drug-likeness (QED) is 0.402. The summed E-state index contributed by atoms with van der Waals surface area (Å²) in [6, 6.07) is 0. The molecule has 202 valence electrons. The summed E-state index contributed by atoms with van der Waals surface area (Å²) < 4.78 is 5.81. The van der Waals surface area contributed by atoms with Crippen LogP contribution in [0.5, 0.6) is 0 Å². The van der Waals surface area contributed by atoms with Gasteiger partial charge < -0.3 is 4.74 Å². The molecule has 2 nitrogen and oxygen atoms in total. The Morgan fingerprint density at radius 2 is 1.44 bits per heavy atom. The lowest BCUT2D eigenvalue weighted by molar-refractivity contribution is -0.166. The number of fused-ring (bicyclic) bond motifs is 5. The van der Waals surface area contributed by atoms with Crippen molar-refractivity contribution in [3.8, 4) is 0 Å². The van der Waals surface area contributed by atoms with Crippen LogP contribution in [-0.4, -0.2) is 19.0 Å². The van der Waals surface area contributed by atoms with Gasteiger partial charge in [-0.25, -0.2) is 0 Å². The summed E-state index contributed by atoms with van der Waals surface area (Å²) in [7, 11) is 0. The van der Waals surface area contributed by atoms with Crippen LogP contribution < -0.4 is 0 Å². The minimum Gasteiger partial charge on any atom is -0.381 e.